The maximum Gasteiger partial charge on any atom is 0.203 e. The topological polar surface area (TPSA) is 83.9 Å². The highest BCUT2D eigenvalue weighted by atomic mass is 16.5. The number of nitrogens with two attached hydrogens (primary N) is 1. The molecule has 4 aromatic rings. The molecule has 1 aromatic carbocycles. The standard InChI is InChI=1S/C21H20N4O3/c1-26-16-10-15(11-17(27-2)20(16)28-3)19-21(22)25-9-6-14(12-18(25)24-19)13-4-7-23-8-5-13/h4-12H,22H2,1-3H3. The lowest BCUT2D eigenvalue weighted by Crippen LogP contribution is -1.97. The number of hydrogen-bond donors (Lipinski definition) is 1. The van der Waals surface area contributed by atoms with Crippen molar-refractivity contribution in [2.45, 2.75) is 0 Å². The average Bonchev–Trinajstić information content (AvgIpc) is 3.09. The maximum atomic E-state index is 6.39. The molecule has 0 aliphatic carbocycles. The molecule has 2 N–H and O–H groups in total. The summed E-state index contributed by atoms with van der Waals surface area (Å²) in [5.74, 6) is 2.15. The predicted octanol–water partition coefficient (Wildman–Crippen LogP) is 3.67. The van der Waals surface area contributed by atoms with Gasteiger partial charge in [0.1, 0.15) is 17.2 Å². The normalized spacial score (nSPS) is 10.8. The summed E-state index contributed by atoms with van der Waals surface area (Å²) >= 11 is 0. The summed E-state index contributed by atoms with van der Waals surface area (Å²) in [5.41, 5.74) is 10.7. The van der Waals surface area contributed by atoms with Crippen LogP contribution in [-0.2, 0) is 0 Å². The molecule has 0 aliphatic rings. The van der Waals surface area contributed by atoms with Crippen LogP contribution in [0.3, 0.4) is 0 Å². The second kappa shape index (κ2) is 7.11. The molecule has 0 atom stereocenters. The van der Waals surface area contributed by atoms with Crippen LogP contribution in [-0.4, -0.2) is 35.7 Å². The van der Waals surface area contributed by atoms with Crippen LogP contribution < -0.4 is 19.9 Å². The van der Waals surface area contributed by atoms with Gasteiger partial charge in [0.05, 0.1) is 21.3 Å². The van der Waals surface area contributed by atoms with Crippen molar-refractivity contribution in [3.05, 3.63) is 55.0 Å². The fourth-order valence-electron chi connectivity index (χ4n) is 3.22. The van der Waals surface area contributed by atoms with Crippen LogP contribution in [0.4, 0.5) is 5.82 Å². The van der Waals surface area contributed by atoms with Gasteiger partial charge >= 0.3 is 0 Å². The van der Waals surface area contributed by atoms with Crippen LogP contribution in [0.1, 0.15) is 0 Å². The van der Waals surface area contributed by atoms with Gasteiger partial charge < -0.3 is 19.9 Å². The van der Waals surface area contributed by atoms with Crippen LogP contribution >= 0.6 is 0 Å². The van der Waals surface area contributed by atoms with E-state index in [0.29, 0.717) is 28.8 Å². The Morgan fingerprint density at radius 3 is 2.11 bits per heavy atom. The number of pyridine rings is 2. The zero-order valence-corrected chi connectivity index (χ0v) is 15.8. The summed E-state index contributed by atoms with van der Waals surface area (Å²) in [6, 6.07) is 11.6. The Morgan fingerprint density at radius 2 is 1.50 bits per heavy atom. The van der Waals surface area contributed by atoms with E-state index in [0.717, 1.165) is 22.3 Å². The maximum absolute atomic E-state index is 6.39. The molecule has 3 heterocycles. The molecule has 0 unspecified atom stereocenters. The first kappa shape index (κ1) is 17.7. The second-order valence-corrected chi connectivity index (χ2v) is 6.14. The van der Waals surface area contributed by atoms with Crippen molar-refractivity contribution in [3.63, 3.8) is 0 Å². The first-order chi connectivity index (χ1) is 13.7. The molecule has 0 amide bonds. The molecule has 0 saturated heterocycles. The van der Waals surface area contributed by atoms with Gasteiger partial charge in [0.25, 0.3) is 0 Å². The summed E-state index contributed by atoms with van der Waals surface area (Å²) < 4.78 is 18.1. The second-order valence-electron chi connectivity index (χ2n) is 6.14. The highest BCUT2D eigenvalue weighted by Crippen LogP contribution is 2.42. The van der Waals surface area contributed by atoms with E-state index in [4.69, 9.17) is 24.9 Å². The molecular weight excluding hydrogens is 356 g/mol. The average molecular weight is 376 g/mol. The number of nitrogen functional groups attached to an aromatic ring is 1. The molecule has 0 aliphatic heterocycles. The Balaban J connectivity index is 1.87. The number of hydrogen-bond acceptors (Lipinski definition) is 6. The lowest BCUT2D eigenvalue weighted by Gasteiger charge is -2.13. The number of methoxy groups -OCH3 is 3. The number of benzene rings is 1. The van der Waals surface area contributed by atoms with Crippen LogP contribution in [0.15, 0.2) is 55.0 Å². The predicted molar refractivity (Wildman–Crippen MR) is 108 cm³/mol. The Bertz CT molecular complexity index is 1110. The molecule has 0 radical (unpaired) electrons. The van der Waals surface area contributed by atoms with Gasteiger partial charge in [0.15, 0.2) is 11.5 Å². The van der Waals surface area contributed by atoms with Crippen LogP contribution in [0, 0.1) is 0 Å². The Labute approximate surface area is 162 Å². The van der Waals surface area contributed by atoms with Gasteiger partial charge in [-0.3, -0.25) is 9.38 Å². The largest absolute Gasteiger partial charge is 0.493 e. The van der Waals surface area contributed by atoms with Crippen molar-refractivity contribution in [2.24, 2.45) is 0 Å². The first-order valence-corrected chi connectivity index (χ1v) is 8.64. The van der Waals surface area contributed by atoms with E-state index in [1.165, 1.54) is 0 Å². The molecular formula is C21H20N4O3. The highest BCUT2D eigenvalue weighted by molar-refractivity contribution is 5.80. The summed E-state index contributed by atoms with van der Waals surface area (Å²) in [7, 11) is 4.73. The number of aromatic nitrogens is 3. The number of nitrogens with zero attached hydrogens (tertiary/aromatic N) is 3. The Hall–Kier alpha value is -3.74. The minimum Gasteiger partial charge on any atom is -0.493 e. The quantitative estimate of drug-likeness (QED) is 0.572. The van der Waals surface area contributed by atoms with Gasteiger partial charge in [0, 0.05) is 24.2 Å². The molecule has 7 nitrogen and oxygen atoms in total. The molecule has 28 heavy (non-hydrogen) atoms. The van der Waals surface area contributed by atoms with E-state index in [9.17, 15) is 0 Å². The first-order valence-electron chi connectivity index (χ1n) is 8.64. The van der Waals surface area contributed by atoms with Crippen molar-refractivity contribution in [3.8, 4) is 39.6 Å². The molecule has 0 fully saturated rings. The molecule has 4 rings (SSSR count). The summed E-state index contributed by atoms with van der Waals surface area (Å²) in [4.78, 5) is 8.81. The highest BCUT2D eigenvalue weighted by Gasteiger charge is 2.18. The van der Waals surface area contributed by atoms with E-state index in [1.807, 2.05) is 47.0 Å². The minimum absolute atomic E-state index is 0.524. The smallest absolute Gasteiger partial charge is 0.203 e. The Morgan fingerprint density at radius 1 is 0.821 bits per heavy atom. The molecule has 3 aromatic heterocycles. The van der Waals surface area contributed by atoms with E-state index in [-0.39, 0.29) is 0 Å². The molecule has 0 spiro atoms. The van der Waals surface area contributed by atoms with Crippen molar-refractivity contribution < 1.29 is 14.2 Å². The lowest BCUT2D eigenvalue weighted by atomic mass is 10.1. The third kappa shape index (κ3) is 2.87. The SMILES string of the molecule is COc1cc(-c2nc3cc(-c4ccncc4)ccn3c2N)cc(OC)c1OC. The molecule has 142 valence electrons. The van der Waals surface area contributed by atoms with Crippen LogP contribution in [0.5, 0.6) is 17.2 Å². The van der Waals surface area contributed by atoms with E-state index >= 15 is 0 Å². The molecule has 0 saturated carbocycles. The number of anilines is 1. The Kier molecular flexibility index (Phi) is 4.49. The number of fused-ring (bicyclic) bond motifs is 1. The number of imidazole rings is 1. The minimum atomic E-state index is 0.524. The summed E-state index contributed by atoms with van der Waals surface area (Å²) in [6.07, 6.45) is 5.44. The fourth-order valence-corrected chi connectivity index (χ4v) is 3.22. The van der Waals surface area contributed by atoms with Gasteiger partial charge in [-0.2, -0.15) is 0 Å². The molecule has 0 bridgehead atoms. The van der Waals surface area contributed by atoms with E-state index in [2.05, 4.69) is 4.98 Å². The van der Waals surface area contributed by atoms with Crippen LogP contribution in [0.2, 0.25) is 0 Å². The summed E-state index contributed by atoms with van der Waals surface area (Å²) in [6.45, 7) is 0. The number of ether oxygens (including phenoxy) is 3. The third-order valence-electron chi connectivity index (χ3n) is 4.61. The zero-order chi connectivity index (χ0) is 19.7. The monoisotopic (exact) mass is 376 g/mol. The number of rotatable bonds is 5. The van der Waals surface area contributed by atoms with E-state index < -0.39 is 0 Å². The fraction of sp³-hybridized carbons (Fsp3) is 0.143. The van der Waals surface area contributed by atoms with Crippen molar-refractivity contribution in [2.75, 3.05) is 27.1 Å². The lowest BCUT2D eigenvalue weighted by molar-refractivity contribution is 0.324. The van der Waals surface area contributed by atoms with Crippen LogP contribution in [0.25, 0.3) is 28.0 Å². The van der Waals surface area contributed by atoms with E-state index in [1.54, 1.807) is 33.7 Å². The van der Waals surface area contributed by atoms with Gasteiger partial charge in [0.2, 0.25) is 5.75 Å². The van der Waals surface area contributed by atoms with Crippen molar-refractivity contribution >= 4 is 11.5 Å². The summed E-state index contributed by atoms with van der Waals surface area (Å²) in [5, 5.41) is 0. The van der Waals surface area contributed by atoms with Gasteiger partial charge in [-0.1, -0.05) is 0 Å². The zero-order valence-electron chi connectivity index (χ0n) is 15.8. The van der Waals surface area contributed by atoms with Crippen molar-refractivity contribution in [1.82, 2.24) is 14.4 Å². The third-order valence-corrected chi connectivity index (χ3v) is 4.61. The van der Waals surface area contributed by atoms with Crippen molar-refractivity contribution in [1.29, 1.82) is 0 Å². The van der Waals surface area contributed by atoms with Gasteiger partial charge in [-0.05, 0) is 47.5 Å². The van der Waals surface area contributed by atoms with Gasteiger partial charge in [-0.25, -0.2) is 4.98 Å². The molecule has 7 heteroatoms. The van der Waals surface area contributed by atoms with Gasteiger partial charge in [-0.15, -0.1) is 0 Å².